The van der Waals surface area contributed by atoms with E-state index in [9.17, 15) is 14.4 Å². The molecule has 2 aromatic rings. The number of benzene rings is 1. The average Bonchev–Trinajstić information content (AvgIpc) is 3.57. The summed E-state index contributed by atoms with van der Waals surface area (Å²) >= 11 is 0. The molecule has 7 nitrogen and oxygen atoms in total. The van der Waals surface area contributed by atoms with Crippen molar-refractivity contribution in [2.24, 2.45) is 11.8 Å². The van der Waals surface area contributed by atoms with E-state index in [4.69, 9.17) is 0 Å². The Morgan fingerprint density at radius 3 is 2.45 bits per heavy atom. The standard InChI is InChI=1S/C24H28N4O3/c29-22-13-21(18-6-7-18)25-16-27(22)14-17-8-10-26(11-9-17)24(31)19-12-23(30)28(15-19)20-4-2-1-3-5-20/h1-5,13,16-19H,6-12,14-15H2. The molecule has 0 bridgehead atoms. The normalized spacial score (nSPS) is 22.2. The lowest BCUT2D eigenvalue weighted by atomic mass is 9.95. The van der Waals surface area contributed by atoms with Gasteiger partial charge in [0.1, 0.15) is 0 Å². The Hall–Kier alpha value is -2.96. The van der Waals surface area contributed by atoms with Gasteiger partial charge < -0.3 is 9.80 Å². The van der Waals surface area contributed by atoms with Crippen LogP contribution < -0.4 is 10.5 Å². The Bertz CT molecular complexity index is 1020. The number of carbonyl (C=O) groups is 2. The maximum absolute atomic E-state index is 13.0. The minimum absolute atomic E-state index is 0.0148. The van der Waals surface area contributed by atoms with Gasteiger partial charge in [0.25, 0.3) is 5.56 Å². The quantitative estimate of drug-likeness (QED) is 0.745. The van der Waals surface area contributed by atoms with Crippen LogP contribution in [0.3, 0.4) is 0 Å². The summed E-state index contributed by atoms with van der Waals surface area (Å²) < 4.78 is 1.71. The predicted molar refractivity (Wildman–Crippen MR) is 117 cm³/mol. The Balaban J connectivity index is 1.15. The smallest absolute Gasteiger partial charge is 0.253 e. The monoisotopic (exact) mass is 420 g/mol. The van der Waals surface area contributed by atoms with Gasteiger partial charge in [0.15, 0.2) is 0 Å². The van der Waals surface area contributed by atoms with E-state index in [2.05, 4.69) is 4.98 Å². The number of carbonyl (C=O) groups excluding carboxylic acids is 2. The van der Waals surface area contributed by atoms with Gasteiger partial charge in [-0.15, -0.1) is 0 Å². The highest BCUT2D eigenvalue weighted by Crippen LogP contribution is 2.38. The van der Waals surface area contributed by atoms with Gasteiger partial charge in [0, 0.05) is 50.3 Å². The van der Waals surface area contributed by atoms with Gasteiger partial charge in [-0.05, 0) is 43.7 Å². The minimum Gasteiger partial charge on any atom is -0.342 e. The molecule has 1 aromatic carbocycles. The molecule has 2 aliphatic heterocycles. The zero-order valence-electron chi connectivity index (χ0n) is 17.7. The third kappa shape index (κ3) is 4.27. The van der Waals surface area contributed by atoms with Gasteiger partial charge in [0.05, 0.1) is 17.9 Å². The number of aromatic nitrogens is 2. The van der Waals surface area contributed by atoms with Crippen LogP contribution in [0.5, 0.6) is 0 Å². The molecular formula is C24H28N4O3. The molecule has 7 heteroatoms. The first kappa shape index (κ1) is 20.0. The van der Waals surface area contributed by atoms with Crippen LogP contribution >= 0.6 is 0 Å². The van der Waals surface area contributed by atoms with Gasteiger partial charge in [-0.3, -0.25) is 19.0 Å². The SMILES string of the molecule is O=C(C1CC(=O)N(c2ccccc2)C1)N1CCC(Cn2cnc(C3CC3)cc2=O)CC1. The van der Waals surface area contributed by atoms with Gasteiger partial charge >= 0.3 is 0 Å². The fraction of sp³-hybridized carbons (Fsp3) is 0.500. The number of rotatable bonds is 5. The van der Waals surface area contributed by atoms with Crippen molar-refractivity contribution in [1.82, 2.24) is 14.5 Å². The second kappa shape index (κ2) is 8.29. The van der Waals surface area contributed by atoms with E-state index in [0.717, 1.165) is 37.1 Å². The highest BCUT2D eigenvalue weighted by atomic mass is 16.2. The summed E-state index contributed by atoms with van der Waals surface area (Å²) in [7, 11) is 0. The number of amides is 2. The number of hydrogen-bond donors (Lipinski definition) is 0. The van der Waals surface area contributed by atoms with Crippen LogP contribution in [-0.2, 0) is 16.1 Å². The molecule has 1 saturated carbocycles. The molecule has 1 unspecified atom stereocenters. The number of para-hydroxylation sites is 1. The summed E-state index contributed by atoms with van der Waals surface area (Å²) in [6.07, 6.45) is 5.98. The first-order chi connectivity index (χ1) is 15.1. The Kier molecular flexibility index (Phi) is 5.34. The molecule has 1 aliphatic carbocycles. The zero-order chi connectivity index (χ0) is 21.4. The highest BCUT2D eigenvalue weighted by molar-refractivity contribution is 6.00. The minimum atomic E-state index is -0.272. The van der Waals surface area contributed by atoms with E-state index in [-0.39, 0.29) is 29.7 Å². The molecule has 162 valence electrons. The fourth-order valence-electron chi connectivity index (χ4n) is 4.78. The van der Waals surface area contributed by atoms with Crippen LogP contribution in [0.2, 0.25) is 0 Å². The molecule has 2 saturated heterocycles. The first-order valence-electron chi connectivity index (χ1n) is 11.3. The van der Waals surface area contributed by atoms with E-state index in [1.165, 1.54) is 0 Å². The molecule has 2 amide bonds. The maximum atomic E-state index is 13.0. The zero-order valence-corrected chi connectivity index (χ0v) is 17.7. The number of nitrogens with zero attached hydrogens (tertiary/aromatic N) is 4. The van der Waals surface area contributed by atoms with Crippen LogP contribution in [0.4, 0.5) is 5.69 Å². The van der Waals surface area contributed by atoms with E-state index >= 15 is 0 Å². The first-order valence-corrected chi connectivity index (χ1v) is 11.3. The van der Waals surface area contributed by atoms with Crippen LogP contribution in [0.25, 0.3) is 0 Å². The van der Waals surface area contributed by atoms with Gasteiger partial charge in [-0.25, -0.2) is 4.98 Å². The van der Waals surface area contributed by atoms with Gasteiger partial charge in [0.2, 0.25) is 11.8 Å². The largest absolute Gasteiger partial charge is 0.342 e. The van der Waals surface area contributed by atoms with E-state index in [0.29, 0.717) is 38.0 Å². The summed E-state index contributed by atoms with van der Waals surface area (Å²) in [5, 5.41) is 0. The van der Waals surface area contributed by atoms with E-state index < -0.39 is 0 Å². The second-order valence-corrected chi connectivity index (χ2v) is 9.09. The van der Waals surface area contributed by atoms with E-state index in [1.54, 1.807) is 21.9 Å². The van der Waals surface area contributed by atoms with Crippen molar-refractivity contribution in [3.8, 4) is 0 Å². The Labute approximate surface area is 181 Å². The molecule has 0 spiro atoms. The number of anilines is 1. The fourth-order valence-corrected chi connectivity index (χ4v) is 4.78. The van der Waals surface area contributed by atoms with Crippen molar-refractivity contribution in [3.05, 3.63) is 58.8 Å². The summed E-state index contributed by atoms with van der Waals surface area (Å²) in [6, 6.07) is 11.2. The number of likely N-dealkylation sites (tertiary alicyclic amines) is 1. The van der Waals surface area contributed by atoms with Crippen molar-refractivity contribution in [2.75, 3.05) is 24.5 Å². The third-order valence-electron chi connectivity index (χ3n) is 6.82. The maximum Gasteiger partial charge on any atom is 0.253 e. The Morgan fingerprint density at radius 2 is 1.77 bits per heavy atom. The van der Waals surface area contributed by atoms with E-state index in [1.807, 2.05) is 35.2 Å². The number of piperidine rings is 1. The van der Waals surface area contributed by atoms with Crippen molar-refractivity contribution in [1.29, 1.82) is 0 Å². The van der Waals surface area contributed by atoms with Crippen molar-refractivity contribution < 1.29 is 9.59 Å². The van der Waals surface area contributed by atoms with Crippen LogP contribution in [0, 0.1) is 11.8 Å². The molecule has 0 radical (unpaired) electrons. The van der Waals surface area contributed by atoms with Crippen molar-refractivity contribution in [3.63, 3.8) is 0 Å². The summed E-state index contributed by atoms with van der Waals surface area (Å²) in [5.74, 6) is 0.670. The molecule has 1 atom stereocenters. The van der Waals surface area contributed by atoms with Crippen molar-refractivity contribution >= 4 is 17.5 Å². The molecule has 3 aliphatic rings. The lowest BCUT2D eigenvalue weighted by Gasteiger charge is -2.33. The highest BCUT2D eigenvalue weighted by Gasteiger charge is 2.38. The molecule has 0 N–H and O–H groups in total. The number of hydrogen-bond acceptors (Lipinski definition) is 4. The average molecular weight is 421 g/mol. The van der Waals surface area contributed by atoms with Crippen molar-refractivity contribution in [2.45, 2.75) is 44.6 Å². The topological polar surface area (TPSA) is 75.5 Å². The third-order valence-corrected chi connectivity index (χ3v) is 6.82. The lowest BCUT2D eigenvalue weighted by Crippen LogP contribution is -2.43. The van der Waals surface area contributed by atoms with Crippen LogP contribution in [-0.4, -0.2) is 45.9 Å². The van der Waals surface area contributed by atoms with Gasteiger partial charge in [-0.2, -0.15) is 0 Å². The van der Waals surface area contributed by atoms with Crippen LogP contribution in [0.15, 0.2) is 47.5 Å². The second-order valence-electron chi connectivity index (χ2n) is 9.09. The molecular weight excluding hydrogens is 392 g/mol. The van der Waals surface area contributed by atoms with Crippen LogP contribution in [0.1, 0.15) is 43.7 Å². The van der Waals surface area contributed by atoms with Gasteiger partial charge in [-0.1, -0.05) is 18.2 Å². The predicted octanol–water partition coefficient (Wildman–Crippen LogP) is 2.41. The lowest BCUT2D eigenvalue weighted by molar-refractivity contribution is -0.137. The molecule has 3 fully saturated rings. The molecule has 1 aromatic heterocycles. The Morgan fingerprint density at radius 1 is 1.03 bits per heavy atom. The summed E-state index contributed by atoms with van der Waals surface area (Å²) in [4.78, 5) is 46.0. The summed E-state index contributed by atoms with van der Waals surface area (Å²) in [5.41, 5.74) is 1.81. The molecule has 31 heavy (non-hydrogen) atoms. The molecule has 5 rings (SSSR count). The summed E-state index contributed by atoms with van der Waals surface area (Å²) in [6.45, 7) is 2.47. The molecule has 3 heterocycles.